The maximum atomic E-state index is 12.2. The van der Waals surface area contributed by atoms with Crippen LogP contribution in [-0.2, 0) is 19.1 Å². The summed E-state index contributed by atoms with van der Waals surface area (Å²) in [5.74, 6) is -1.25. The number of carbonyl (C=O) groups is 2. The molecule has 2 N–H and O–H groups in total. The summed E-state index contributed by atoms with van der Waals surface area (Å²) in [5, 5.41) is 20.8. The van der Waals surface area contributed by atoms with Crippen molar-refractivity contribution in [3.8, 4) is 0 Å². The Morgan fingerprint density at radius 3 is 2.65 bits per heavy atom. The lowest BCUT2D eigenvalue weighted by Gasteiger charge is -2.32. The van der Waals surface area contributed by atoms with Crippen LogP contribution in [0.25, 0.3) is 0 Å². The van der Waals surface area contributed by atoms with Crippen LogP contribution in [0.15, 0.2) is 36.5 Å². The van der Waals surface area contributed by atoms with E-state index >= 15 is 0 Å². The number of allylic oxidation sites excluding steroid dienone is 2. The number of carbonyl (C=O) groups excluding carboxylic acids is 2. The predicted octanol–water partition coefficient (Wildman–Crippen LogP) is 2.45. The molecule has 0 radical (unpaired) electrons. The minimum absolute atomic E-state index is 0.164. The van der Waals surface area contributed by atoms with Gasteiger partial charge in [-0.1, -0.05) is 31.7 Å². The molecule has 0 spiro atoms. The van der Waals surface area contributed by atoms with Crippen molar-refractivity contribution in [2.75, 3.05) is 0 Å². The van der Waals surface area contributed by atoms with E-state index in [1.807, 2.05) is 13.8 Å². The Balaban J connectivity index is 3.24. The molecular weight excluding hydrogens is 336 g/mol. The third kappa shape index (κ3) is 6.77. The highest BCUT2D eigenvalue weighted by Gasteiger charge is 2.34. The summed E-state index contributed by atoms with van der Waals surface area (Å²) < 4.78 is 10.8. The molecule has 0 aliphatic carbocycles. The van der Waals surface area contributed by atoms with Gasteiger partial charge in [-0.05, 0) is 38.3 Å². The summed E-state index contributed by atoms with van der Waals surface area (Å²) >= 11 is 0. The van der Waals surface area contributed by atoms with Crippen LogP contribution in [0.2, 0.25) is 0 Å². The van der Waals surface area contributed by atoms with Crippen molar-refractivity contribution < 1.29 is 29.3 Å². The predicted molar refractivity (Wildman–Crippen MR) is 98.2 cm³/mol. The summed E-state index contributed by atoms with van der Waals surface area (Å²) in [5.41, 5.74) is -0.569. The molecule has 6 heteroatoms. The largest absolute Gasteiger partial charge is 0.457 e. The molecule has 5 atom stereocenters. The van der Waals surface area contributed by atoms with E-state index in [1.165, 1.54) is 6.92 Å². The SMILES string of the molecule is C=C/C=C(\C)[C@H]1OC(=O)C[C@H](O)CC[C@@](C)(O)[C@H](OC(C)=O)/C=C/[C@@H]1C. The fourth-order valence-corrected chi connectivity index (χ4v) is 2.91. The minimum atomic E-state index is -1.37. The Bertz CT molecular complexity index is 575. The second-order valence-electron chi connectivity index (χ2n) is 7.08. The van der Waals surface area contributed by atoms with Crippen molar-refractivity contribution in [1.82, 2.24) is 0 Å². The van der Waals surface area contributed by atoms with Gasteiger partial charge in [0.05, 0.1) is 12.5 Å². The zero-order valence-electron chi connectivity index (χ0n) is 16.0. The van der Waals surface area contributed by atoms with Crippen molar-refractivity contribution in [3.05, 3.63) is 36.5 Å². The number of aliphatic hydroxyl groups excluding tert-OH is 1. The number of hydrogen-bond donors (Lipinski definition) is 2. The molecule has 0 bridgehead atoms. The van der Waals surface area contributed by atoms with E-state index in [-0.39, 0.29) is 25.2 Å². The second kappa shape index (κ2) is 9.69. The molecule has 6 nitrogen and oxygen atoms in total. The van der Waals surface area contributed by atoms with E-state index < -0.39 is 35.9 Å². The lowest BCUT2D eigenvalue weighted by Crippen LogP contribution is -2.42. The molecule has 1 aliphatic rings. The van der Waals surface area contributed by atoms with Gasteiger partial charge in [0.1, 0.15) is 17.8 Å². The van der Waals surface area contributed by atoms with Crippen molar-refractivity contribution >= 4 is 11.9 Å². The standard InChI is InChI=1S/C20H30O6/c1-6-7-13(2)19-14(3)8-9-17(25-15(4)21)20(5,24)11-10-16(22)12-18(23)26-19/h6-9,14,16-17,19,22,24H,1,10-12H2,2-5H3/b9-8+,13-7+/t14-,16+,17+,19+,20+/m0/s1. The van der Waals surface area contributed by atoms with Gasteiger partial charge >= 0.3 is 11.9 Å². The minimum Gasteiger partial charge on any atom is -0.457 e. The molecule has 1 aliphatic heterocycles. The topological polar surface area (TPSA) is 93.1 Å². The normalized spacial score (nSPS) is 35.5. The van der Waals surface area contributed by atoms with Crippen LogP contribution >= 0.6 is 0 Å². The summed E-state index contributed by atoms with van der Waals surface area (Å²) in [4.78, 5) is 23.6. The maximum Gasteiger partial charge on any atom is 0.309 e. The summed E-state index contributed by atoms with van der Waals surface area (Å²) in [6.45, 7) is 10.2. The van der Waals surface area contributed by atoms with Crippen molar-refractivity contribution in [1.29, 1.82) is 0 Å². The summed E-state index contributed by atoms with van der Waals surface area (Å²) in [6, 6.07) is 0. The van der Waals surface area contributed by atoms with Gasteiger partial charge in [-0.25, -0.2) is 0 Å². The van der Waals surface area contributed by atoms with Gasteiger partial charge in [-0.3, -0.25) is 9.59 Å². The molecule has 0 fully saturated rings. The molecule has 0 saturated carbocycles. The first-order valence-corrected chi connectivity index (χ1v) is 8.81. The Labute approximate surface area is 155 Å². The van der Waals surface area contributed by atoms with E-state index in [0.29, 0.717) is 0 Å². The lowest BCUT2D eigenvalue weighted by atomic mass is 9.89. The van der Waals surface area contributed by atoms with Gasteiger partial charge in [-0.15, -0.1) is 0 Å². The lowest BCUT2D eigenvalue weighted by molar-refractivity contribution is -0.157. The van der Waals surface area contributed by atoms with Crippen LogP contribution in [0.5, 0.6) is 0 Å². The number of ether oxygens (including phenoxy) is 2. The molecule has 0 aromatic rings. The first-order chi connectivity index (χ1) is 12.1. The van der Waals surface area contributed by atoms with Crippen molar-refractivity contribution in [2.45, 2.75) is 70.9 Å². The van der Waals surface area contributed by atoms with Crippen LogP contribution in [0, 0.1) is 5.92 Å². The van der Waals surface area contributed by atoms with Crippen LogP contribution in [0.4, 0.5) is 0 Å². The van der Waals surface area contributed by atoms with Crippen LogP contribution in [0.1, 0.15) is 47.0 Å². The first-order valence-electron chi connectivity index (χ1n) is 8.81. The van der Waals surface area contributed by atoms with Gasteiger partial charge in [0, 0.05) is 12.8 Å². The maximum absolute atomic E-state index is 12.2. The van der Waals surface area contributed by atoms with Gasteiger partial charge in [-0.2, -0.15) is 0 Å². The smallest absolute Gasteiger partial charge is 0.309 e. The summed E-state index contributed by atoms with van der Waals surface area (Å²) in [6.07, 6.45) is 4.55. The third-order valence-corrected chi connectivity index (χ3v) is 4.45. The zero-order chi connectivity index (χ0) is 19.9. The number of aliphatic hydroxyl groups is 2. The molecule has 0 amide bonds. The number of rotatable bonds is 3. The third-order valence-electron chi connectivity index (χ3n) is 4.45. The number of esters is 2. The van der Waals surface area contributed by atoms with E-state index in [2.05, 4.69) is 6.58 Å². The van der Waals surface area contributed by atoms with E-state index in [4.69, 9.17) is 9.47 Å². The highest BCUT2D eigenvalue weighted by atomic mass is 16.6. The van der Waals surface area contributed by atoms with Gasteiger partial charge < -0.3 is 19.7 Å². The van der Waals surface area contributed by atoms with Crippen molar-refractivity contribution in [3.63, 3.8) is 0 Å². The van der Waals surface area contributed by atoms with Gasteiger partial charge in [0.2, 0.25) is 0 Å². The van der Waals surface area contributed by atoms with E-state index in [0.717, 1.165) is 5.57 Å². The van der Waals surface area contributed by atoms with E-state index in [1.54, 1.807) is 31.2 Å². The quantitative estimate of drug-likeness (QED) is 0.453. The molecule has 0 unspecified atom stereocenters. The average Bonchev–Trinajstić information content (AvgIpc) is 2.53. The van der Waals surface area contributed by atoms with Crippen LogP contribution in [0.3, 0.4) is 0 Å². The molecule has 1 heterocycles. The molecule has 0 saturated heterocycles. The molecular formula is C20H30O6. The molecule has 0 aromatic carbocycles. The summed E-state index contributed by atoms with van der Waals surface area (Å²) in [7, 11) is 0. The Hall–Kier alpha value is -1.92. The zero-order valence-corrected chi connectivity index (χ0v) is 16.0. The fourth-order valence-electron chi connectivity index (χ4n) is 2.91. The highest BCUT2D eigenvalue weighted by Crippen LogP contribution is 2.26. The molecule has 0 aromatic heterocycles. The Kier molecular flexibility index (Phi) is 8.24. The van der Waals surface area contributed by atoms with Gasteiger partial charge in [0.25, 0.3) is 0 Å². The van der Waals surface area contributed by atoms with Crippen LogP contribution < -0.4 is 0 Å². The second-order valence-corrected chi connectivity index (χ2v) is 7.08. The number of hydrogen-bond acceptors (Lipinski definition) is 6. The fraction of sp³-hybridized carbons (Fsp3) is 0.600. The number of cyclic esters (lactones) is 1. The molecule has 26 heavy (non-hydrogen) atoms. The Morgan fingerprint density at radius 1 is 1.42 bits per heavy atom. The molecule has 1 rings (SSSR count). The van der Waals surface area contributed by atoms with Gasteiger partial charge in [0.15, 0.2) is 0 Å². The highest BCUT2D eigenvalue weighted by molar-refractivity contribution is 5.70. The van der Waals surface area contributed by atoms with E-state index in [9.17, 15) is 19.8 Å². The Morgan fingerprint density at radius 2 is 2.08 bits per heavy atom. The monoisotopic (exact) mass is 366 g/mol. The molecule has 146 valence electrons. The first kappa shape index (κ1) is 22.1. The average molecular weight is 366 g/mol. The van der Waals surface area contributed by atoms with Crippen molar-refractivity contribution in [2.24, 2.45) is 5.92 Å². The van der Waals surface area contributed by atoms with Crippen LogP contribution in [-0.4, -0.2) is 46.1 Å².